The second-order valence-electron chi connectivity index (χ2n) is 10.6. The monoisotopic (exact) mass is 589 g/mol. The standard InChI is InChI=1S/C28H27ClF3N5O4/c1-27(2)40-15-21(41-27)14-39-20-9-18(11-33-12-20)34-26(38)37-19-6-7-36(13-19)23-10-22(29)24(35-25(23)37)16-4-3-5-17(8-16)28(30,31)32/h3-5,8-12,19,21H,6-7,13-15H2,1-2H3,(H,34,38)/t19?,21-/m0/s1. The first-order valence-electron chi connectivity index (χ1n) is 13.1. The lowest BCUT2D eigenvalue weighted by molar-refractivity contribution is -0.141. The van der Waals surface area contributed by atoms with Crippen LogP contribution in [0, 0.1) is 0 Å². The van der Waals surface area contributed by atoms with Gasteiger partial charge in [-0.2, -0.15) is 13.2 Å². The summed E-state index contributed by atoms with van der Waals surface area (Å²) in [7, 11) is 0. The van der Waals surface area contributed by atoms with Gasteiger partial charge >= 0.3 is 12.2 Å². The Kier molecular flexibility index (Phi) is 6.95. The number of fused-ring (bicyclic) bond motifs is 4. The summed E-state index contributed by atoms with van der Waals surface area (Å²) in [4.78, 5) is 26.1. The van der Waals surface area contributed by atoms with E-state index in [9.17, 15) is 18.0 Å². The van der Waals surface area contributed by atoms with Gasteiger partial charge in [-0.1, -0.05) is 23.7 Å². The maximum absolute atomic E-state index is 13.7. The Labute approximate surface area is 239 Å². The third kappa shape index (κ3) is 5.64. The Balaban J connectivity index is 1.25. The van der Waals surface area contributed by atoms with E-state index in [2.05, 4.69) is 20.2 Å². The molecule has 3 aliphatic rings. The maximum atomic E-state index is 13.7. The smallest absolute Gasteiger partial charge is 0.416 e. The highest BCUT2D eigenvalue weighted by Crippen LogP contribution is 2.44. The van der Waals surface area contributed by atoms with Crippen molar-refractivity contribution in [2.24, 2.45) is 0 Å². The van der Waals surface area contributed by atoms with Crippen molar-refractivity contribution in [2.45, 2.75) is 44.4 Å². The van der Waals surface area contributed by atoms with Crippen LogP contribution < -0.4 is 19.9 Å². The van der Waals surface area contributed by atoms with Crippen molar-refractivity contribution in [3.05, 3.63) is 59.4 Å². The molecule has 0 radical (unpaired) electrons. The van der Waals surface area contributed by atoms with Gasteiger partial charge in [0.15, 0.2) is 11.6 Å². The first kappa shape index (κ1) is 27.6. The van der Waals surface area contributed by atoms with Gasteiger partial charge in [0.1, 0.15) is 18.5 Å². The molecule has 6 rings (SSSR count). The minimum absolute atomic E-state index is 0.162. The van der Waals surface area contributed by atoms with Gasteiger partial charge in [-0.3, -0.25) is 9.88 Å². The van der Waals surface area contributed by atoms with Crippen LogP contribution in [0.5, 0.6) is 5.75 Å². The number of carbonyl (C=O) groups is 1. The molecule has 9 nitrogen and oxygen atoms in total. The lowest BCUT2D eigenvalue weighted by atomic mass is 10.1. The predicted molar refractivity (Wildman–Crippen MR) is 146 cm³/mol. The van der Waals surface area contributed by atoms with Gasteiger partial charge < -0.3 is 24.4 Å². The quantitative estimate of drug-likeness (QED) is 0.392. The molecule has 1 N–H and O–H groups in total. The van der Waals surface area contributed by atoms with Crippen LogP contribution in [0.15, 0.2) is 48.8 Å². The van der Waals surface area contributed by atoms with E-state index >= 15 is 0 Å². The number of pyridine rings is 2. The van der Waals surface area contributed by atoms with Gasteiger partial charge in [0, 0.05) is 24.7 Å². The molecule has 0 spiro atoms. The molecule has 3 aromatic rings. The van der Waals surface area contributed by atoms with Crippen LogP contribution in [0.1, 0.15) is 25.8 Å². The topological polar surface area (TPSA) is 89.1 Å². The molecule has 2 bridgehead atoms. The zero-order valence-electron chi connectivity index (χ0n) is 22.2. The average Bonchev–Trinajstić information content (AvgIpc) is 3.50. The van der Waals surface area contributed by atoms with E-state index < -0.39 is 23.6 Å². The van der Waals surface area contributed by atoms with E-state index in [1.54, 1.807) is 17.0 Å². The van der Waals surface area contributed by atoms with Crippen molar-refractivity contribution in [1.82, 2.24) is 9.97 Å². The molecule has 2 saturated heterocycles. The third-order valence-electron chi connectivity index (χ3n) is 7.18. The van der Waals surface area contributed by atoms with Crippen LogP contribution in [-0.2, 0) is 15.7 Å². The molecule has 1 unspecified atom stereocenters. The van der Waals surface area contributed by atoms with Gasteiger partial charge in [0.2, 0.25) is 0 Å². The predicted octanol–water partition coefficient (Wildman–Crippen LogP) is 5.98. The molecule has 2 aromatic heterocycles. The normalized spacial score (nSPS) is 21.1. The van der Waals surface area contributed by atoms with E-state index in [0.29, 0.717) is 49.1 Å². The number of benzene rings is 1. The van der Waals surface area contributed by atoms with Crippen molar-refractivity contribution >= 4 is 34.8 Å². The Morgan fingerprint density at radius 2 is 2.07 bits per heavy atom. The van der Waals surface area contributed by atoms with Gasteiger partial charge in [0.25, 0.3) is 0 Å². The number of hydrogen-bond donors (Lipinski definition) is 1. The number of carbonyl (C=O) groups excluding carboxylic acids is 1. The highest BCUT2D eigenvalue weighted by molar-refractivity contribution is 6.33. The molecule has 5 heterocycles. The lowest BCUT2D eigenvalue weighted by Crippen LogP contribution is -2.48. The molecular formula is C28H27ClF3N5O4. The number of rotatable bonds is 5. The number of halogens is 4. The molecule has 3 aliphatic heterocycles. The fourth-order valence-corrected chi connectivity index (χ4v) is 5.57. The van der Waals surface area contributed by atoms with Gasteiger partial charge in [-0.05, 0) is 38.5 Å². The number of alkyl halides is 3. The van der Waals surface area contributed by atoms with E-state index in [1.807, 2.05) is 13.8 Å². The minimum Gasteiger partial charge on any atom is -0.489 e. The molecular weight excluding hydrogens is 563 g/mol. The van der Waals surface area contributed by atoms with E-state index in [0.717, 1.165) is 12.1 Å². The maximum Gasteiger partial charge on any atom is 0.416 e. The number of anilines is 3. The van der Waals surface area contributed by atoms with Crippen molar-refractivity contribution in [3.8, 4) is 17.0 Å². The fourth-order valence-electron chi connectivity index (χ4n) is 5.32. The second kappa shape index (κ2) is 10.3. The molecule has 13 heteroatoms. The molecule has 2 amide bonds. The third-order valence-corrected chi connectivity index (χ3v) is 7.47. The lowest BCUT2D eigenvalue weighted by Gasteiger charge is -2.36. The van der Waals surface area contributed by atoms with E-state index in [1.165, 1.54) is 24.5 Å². The van der Waals surface area contributed by atoms with Gasteiger partial charge in [-0.25, -0.2) is 9.78 Å². The average molecular weight is 590 g/mol. The molecule has 216 valence electrons. The number of nitrogens with one attached hydrogen (secondary N) is 1. The zero-order chi connectivity index (χ0) is 28.9. The van der Waals surface area contributed by atoms with E-state index in [-0.39, 0.29) is 35.0 Å². The first-order valence-corrected chi connectivity index (χ1v) is 13.5. The number of ether oxygens (including phenoxy) is 3. The number of amides is 2. The number of nitrogens with zero attached hydrogens (tertiary/aromatic N) is 4. The van der Waals surface area contributed by atoms with Crippen LogP contribution in [0.25, 0.3) is 11.3 Å². The van der Waals surface area contributed by atoms with Crippen LogP contribution >= 0.6 is 11.6 Å². The summed E-state index contributed by atoms with van der Waals surface area (Å²) in [6.07, 6.45) is -1.03. The highest BCUT2D eigenvalue weighted by atomic mass is 35.5. The minimum atomic E-state index is -4.52. The second-order valence-corrected chi connectivity index (χ2v) is 11.0. The summed E-state index contributed by atoms with van der Waals surface area (Å²) >= 11 is 6.54. The molecule has 1 aromatic carbocycles. The van der Waals surface area contributed by atoms with Crippen LogP contribution in [0.2, 0.25) is 5.02 Å². The van der Waals surface area contributed by atoms with Crippen molar-refractivity contribution in [3.63, 3.8) is 0 Å². The summed E-state index contributed by atoms with van der Waals surface area (Å²) in [6.45, 7) is 5.60. The molecule has 2 atom stereocenters. The summed E-state index contributed by atoms with van der Waals surface area (Å²) in [5.74, 6) is 0.107. The number of urea groups is 1. The van der Waals surface area contributed by atoms with Gasteiger partial charge in [-0.15, -0.1) is 0 Å². The number of hydrogen-bond acceptors (Lipinski definition) is 7. The Bertz CT molecular complexity index is 1490. The fraction of sp³-hybridized carbons (Fsp3) is 0.393. The van der Waals surface area contributed by atoms with Crippen LogP contribution in [-0.4, -0.2) is 60.2 Å². The summed E-state index contributed by atoms with van der Waals surface area (Å²) in [5.41, 5.74) is 0.608. The SMILES string of the molecule is CC1(C)OC[C@H](COc2cncc(NC(=O)N3c4nc(-c5cccc(C(F)(F)F)c5)c(Cl)cc4N4CCC3C4)c2)O1. The Morgan fingerprint density at radius 3 is 2.83 bits per heavy atom. The molecule has 2 fully saturated rings. The van der Waals surface area contributed by atoms with Crippen LogP contribution in [0.3, 0.4) is 0 Å². The molecule has 0 aliphatic carbocycles. The summed E-state index contributed by atoms with van der Waals surface area (Å²) in [5, 5.41) is 3.07. The van der Waals surface area contributed by atoms with E-state index in [4.69, 9.17) is 25.8 Å². The highest BCUT2D eigenvalue weighted by Gasteiger charge is 2.41. The van der Waals surface area contributed by atoms with Crippen LogP contribution in [0.4, 0.5) is 35.2 Å². The molecule has 0 saturated carbocycles. The Morgan fingerprint density at radius 1 is 1.24 bits per heavy atom. The Hall–Kier alpha value is -3.61. The summed E-state index contributed by atoms with van der Waals surface area (Å²) in [6, 6.07) is 7.50. The largest absolute Gasteiger partial charge is 0.489 e. The first-order chi connectivity index (χ1) is 19.5. The number of aromatic nitrogens is 2. The zero-order valence-corrected chi connectivity index (χ0v) is 23.0. The van der Waals surface area contributed by atoms with Crippen molar-refractivity contribution < 1.29 is 32.2 Å². The summed E-state index contributed by atoms with van der Waals surface area (Å²) < 4.78 is 57.3. The van der Waals surface area contributed by atoms with Crippen molar-refractivity contribution in [1.29, 1.82) is 0 Å². The van der Waals surface area contributed by atoms with Gasteiger partial charge in [0.05, 0.1) is 52.7 Å². The molecule has 41 heavy (non-hydrogen) atoms. The van der Waals surface area contributed by atoms with Crippen molar-refractivity contribution in [2.75, 3.05) is 41.4 Å².